The van der Waals surface area contributed by atoms with Gasteiger partial charge in [-0.3, -0.25) is 4.79 Å². The van der Waals surface area contributed by atoms with Crippen molar-refractivity contribution in [3.63, 3.8) is 0 Å². The van der Waals surface area contributed by atoms with Crippen molar-refractivity contribution in [2.24, 2.45) is 11.7 Å². The molecule has 0 aliphatic carbocycles. The fourth-order valence-corrected chi connectivity index (χ4v) is 1.58. The number of allylic oxidation sites excluding steroid dienone is 3. The predicted octanol–water partition coefficient (Wildman–Crippen LogP) is 0.926. The van der Waals surface area contributed by atoms with Gasteiger partial charge < -0.3 is 10.6 Å². The maximum atomic E-state index is 11.5. The van der Waals surface area contributed by atoms with Crippen molar-refractivity contribution in [3.8, 4) is 0 Å². The van der Waals surface area contributed by atoms with Gasteiger partial charge in [-0.1, -0.05) is 18.2 Å². The van der Waals surface area contributed by atoms with Gasteiger partial charge in [-0.05, 0) is 25.8 Å². The van der Waals surface area contributed by atoms with Gasteiger partial charge in [-0.15, -0.1) is 0 Å². The molecule has 14 heavy (non-hydrogen) atoms. The highest BCUT2D eigenvalue weighted by Gasteiger charge is 2.23. The lowest BCUT2D eigenvalue weighted by molar-refractivity contribution is -0.125. The fourth-order valence-electron chi connectivity index (χ4n) is 1.58. The standard InChI is InChI=1S/C11H18N2O/c1-2-3-4-5-11(14)13-7-6-10(8-12)9-13/h2-5,10H,6-9,12H2,1H3. The maximum Gasteiger partial charge on any atom is 0.246 e. The van der Waals surface area contributed by atoms with Crippen LogP contribution in [-0.4, -0.2) is 30.4 Å². The lowest BCUT2D eigenvalue weighted by atomic mass is 10.1. The molecule has 1 unspecified atom stereocenters. The van der Waals surface area contributed by atoms with Crippen molar-refractivity contribution in [1.29, 1.82) is 0 Å². The molecule has 0 bridgehead atoms. The number of hydrogen-bond acceptors (Lipinski definition) is 2. The molecule has 78 valence electrons. The first-order valence-electron chi connectivity index (χ1n) is 5.06. The minimum Gasteiger partial charge on any atom is -0.339 e. The van der Waals surface area contributed by atoms with E-state index in [4.69, 9.17) is 5.73 Å². The van der Waals surface area contributed by atoms with Gasteiger partial charge in [0, 0.05) is 19.2 Å². The summed E-state index contributed by atoms with van der Waals surface area (Å²) in [6.07, 6.45) is 8.18. The van der Waals surface area contributed by atoms with Crippen LogP contribution < -0.4 is 5.73 Å². The van der Waals surface area contributed by atoms with Crippen LogP contribution in [0.15, 0.2) is 24.3 Å². The zero-order valence-electron chi connectivity index (χ0n) is 8.65. The van der Waals surface area contributed by atoms with Crippen LogP contribution >= 0.6 is 0 Å². The Balaban J connectivity index is 2.39. The second-order valence-corrected chi connectivity index (χ2v) is 3.56. The van der Waals surface area contributed by atoms with E-state index < -0.39 is 0 Å². The molecule has 0 aromatic heterocycles. The molecule has 1 fully saturated rings. The predicted molar refractivity (Wildman–Crippen MR) is 57.7 cm³/mol. The van der Waals surface area contributed by atoms with Crippen LogP contribution in [0.2, 0.25) is 0 Å². The fraction of sp³-hybridized carbons (Fsp3) is 0.545. The van der Waals surface area contributed by atoms with E-state index in [0.717, 1.165) is 19.5 Å². The summed E-state index contributed by atoms with van der Waals surface area (Å²) in [7, 11) is 0. The highest BCUT2D eigenvalue weighted by molar-refractivity contribution is 5.88. The number of nitrogens with zero attached hydrogens (tertiary/aromatic N) is 1. The Bertz CT molecular complexity index is 246. The normalized spacial score (nSPS) is 22.7. The molecule has 0 aromatic rings. The molecule has 1 aliphatic heterocycles. The number of rotatable bonds is 3. The summed E-state index contributed by atoms with van der Waals surface area (Å²) < 4.78 is 0. The molecular formula is C11H18N2O. The van der Waals surface area contributed by atoms with E-state index in [2.05, 4.69) is 0 Å². The first-order chi connectivity index (χ1) is 6.77. The highest BCUT2D eigenvalue weighted by atomic mass is 16.2. The van der Waals surface area contributed by atoms with E-state index in [-0.39, 0.29) is 5.91 Å². The van der Waals surface area contributed by atoms with Gasteiger partial charge in [0.25, 0.3) is 0 Å². The molecule has 0 saturated carbocycles. The third kappa shape index (κ3) is 3.00. The van der Waals surface area contributed by atoms with Crippen LogP contribution in [0.5, 0.6) is 0 Å². The maximum absolute atomic E-state index is 11.5. The largest absolute Gasteiger partial charge is 0.339 e. The van der Waals surface area contributed by atoms with Crippen LogP contribution in [-0.2, 0) is 4.79 Å². The summed E-state index contributed by atoms with van der Waals surface area (Å²) in [5.74, 6) is 0.591. The van der Waals surface area contributed by atoms with Gasteiger partial charge in [0.05, 0.1) is 0 Å². The lowest BCUT2D eigenvalue weighted by Gasteiger charge is -2.13. The molecule has 1 amide bonds. The van der Waals surface area contributed by atoms with Crippen LogP contribution in [0, 0.1) is 5.92 Å². The number of nitrogens with two attached hydrogens (primary N) is 1. The second kappa shape index (κ2) is 5.60. The minimum atomic E-state index is 0.0963. The lowest BCUT2D eigenvalue weighted by Crippen LogP contribution is -2.28. The van der Waals surface area contributed by atoms with E-state index in [0.29, 0.717) is 12.5 Å². The quantitative estimate of drug-likeness (QED) is 0.536. The number of amides is 1. The Morgan fingerprint density at radius 2 is 2.36 bits per heavy atom. The molecule has 1 rings (SSSR count). The summed E-state index contributed by atoms with van der Waals surface area (Å²) in [5, 5.41) is 0. The first kappa shape index (κ1) is 11.0. The van der Waals surface area contributed by atoms with Crippen LogP contribution in [0.1, 0.15) is 13.3 Å². The average Bonchev–Trinajstić information content (AvgIpc) is 2.66. The van der Waals surface area contributed by atoms with Gasteiger partial charge >= 0.3 is 0 Å². The molecule has 3 nitrogen and oxygen atoms in total. The number of hydrogen-bond donors (Lipinski definition) is 1. The average molecular weight is 194 g/mol. The minimum absolute atomic E-state index is 0.0963. The summed E-state index contributed by atoms with van der Waals surface area (Å²) in [4.78, 5) is 13.4. The summed E-state index contributed by atoms with van der Waals surface area (Å²) >= 11 is 0. The first-order valence-corrected chi connectivity index (χ1v) is 5.06. The summed E-state index contributed by atoms with van der Waals surface area (Å²) in [6, 6.07) is 0. The molecule has 1 saturated heterocycles. The molecule has 1 atom stereocenters. The van der Waals surface area contributed by atoms with Gasteiger partial charge in [0.15, 0.2) is 0 Å². The van der Waals surface area contributed by atoms with Crippen molar-refractivity contribution in [2.45, 2.75) is 13.3 Å². The molecule has 0 radical (unpaired) electrons. The van der Waals surface area contributed by atoms with Crippen LogP contribution in [0.4, 0.5) is 0 Å². The topological polar surface area (TPSA) is 46.3 Å². The Kier molecular flexibility index (Phi) is 4.40. The van der Waals surface area contributed by atoms with Crippen molar-refractivity contribution < 1.29 is 4.79 Å². The molecular weight excluding hydrogens is 176 g/mol. The SMILES string of the molecule is CC=CC=CC(=O)N1CCC(CN)C1. The number of carbonyl (C=O) groups is 1. The van der Waals surface area contributed by atoms with E-state index in [1.165, 1.54) is 0 Å². The molecule has 0 spiro atoms. The van der Waals surface area contributed by atoms with Gasteiger partial charge in [-0.25, -0.2) is 0 Å². The van der Waals surface area contributed by atoms with E-state index in [1.807, 2.05) is 24.0 Å². The molecule has 1 heterocycles. The Morgan fingerprint density at radius 1 is 1.57 bits per heavy atom. The third-order valence-electron chi connectivity index (χ3n) is 2.47. The Morgan fingerprint density at radius 3 is 2.93 bits per heavy atom. The zero-order chi connectivity index (χ0) is 10.4. The van der Waals surface area contributed by atoms with Gasteiger partial charge in [-0.2, -0.15) is 0 Å². The Hall–Kier alpha value is -1.09. The van der Waals surface area contributed by atoms with Crippen LogP contribution in [0.3, 0.4) is 0 Å². The highest BCUT2D eigenvalue weighted by Crippen LogP contribution is 2.14. The smallest absolute Gasteiger partial charge is 0.246 e. The molecule has 2 N–H and O–H groups in total. The van der Waals surface area contributed by atoms with Gasteiger partial charge in [0.1, 0.15) is 0 Å². The molecule has 1 aliphatic rings. The second-order valence-electron chi connectivity index (χ2n) is 3.56. The van der Waals surface area contributed by atoms with Gasteiger partial charge in [0.2, 0.25) is 5.91 Å². The third-order valence-corrected chi connectivity index (χ3v) is 2.47. The van der Waals surface area contributed by atoms with E-state index in [1.54, 1.807) is 12.2 Å². The Labute approximate surface area is 85.3 Å². The monoisotopic (exact) mass is 194 g/mol. The van der Waals surface area contributed by atoms with Crippen molar-refractivity contribution in [3.05, 3.63) is 24.3 Å². The zero-order valence-corrected chi connectivity index (χ0v) is 8.65. The van der Waals surface area contributed by atoms with E-state index in [9.17, 15) is 4.79 Å². The summed E-state index contributed by atoms with van der Waals surface area (Å²) in [6.45, 7) is 4.27. The molecule has 3 heteroatoms. The van der Waals surface area contributed by atoms with Crippen LogP contribution in [0.25, 0.3) is 0 Å². The molecule has 0 aromatic carbocycles. The van der Waals surface area contributed by atoms with Crippen molar-refractivity contribution in [2.75, 3.05) is 19.6 Å². The van der Waals surface area contributed by atoms with Crippen molar-refractivity contribution >= 4 is 5.91 Å². The summed E-state index contributed by atoms with van der Waals surface area (Å²) in [5.41, 5.74) is 5.55. The number of carbonyl (C=O) groups excluding carboxylic acids is 1. The number of likely N-dealkylation sites (tertiary alicyclic amines) is 1. The van der Waals surface area contributed by atoms with Crippen molar-refractivity contribution in [1.82, 2.24) is 4.90 Å². The van der Waals surface area contributed by atoms with E-state index >= 15 is 0 Å².